The maximum Gasteiger partial charge on any atom is 0.194 e. The monoisotopic (exact) mass is 440 g/mol. The third-order valence-corrected chi connectivity index (χ3v) is 6.45. The van der Waals surface area contributed by atoms with Crippen molar-refractivity contribution in [3.63, 3.8) is 0 Å². The van der Waals surface area contributed by atoms with Crippen LogP contribution >= 0.6 is 0 Å². The second kappa shape index (κ2) is 9.55. The number of benzene rings is 2. The molecule has 1 aliphatic heterocycles. The Morgan fingerprint density at radius 2 is 1.39 bits per heavy atom. The first kappa shape index (κ1) is 22.1. The van der Waals surface area contributed by atoms with Crippen molar-refractivity contribution in [2.24, 2.45) is 11.8 Å². The first-order chi connectivity index (χ1) is 14.9. The van der Waals surface area contributed by atoms with Gasteiger partial charge in [0.1, 0.15) is 6.61 Å². The predicted molar refractivity (Wildman–Crippen MR) is 105 cm³/mol. The second-order valence-electron chi connectivity index (χ2n) is 8.53. The second-order valence-corrected chi connectivity index (χ2v) is 8.53. The minimum Gasteiger partial charge on any atom is -0.483 e. The molecule has 2 nitrogen and oxygen atoms in total. The van der Waals surface area contributed by atoms with E-state index in [9.17, 15) is 22.0 Å². The van der Waals surface area contributed by atoms with Crippen LogP contribution in [-0.4, -0.2) is 6.61 Å². The zero-order valence-corrected chi connectivity index (χ0v) is 17.1. The molecule has 168 valence electrons. The van der Waals surface area contributed by atoms with Gasteiger partial charge in [0.05, 0.1) is 12.7 Å². The van der Waals surface area contributed by atoms with Gasteiger partial charge in [0.15, 0.2) is 34.8 Å². The highest BCUT2D eigenvalue weighted by atomic mass is 19.2. The van der Waals surface area contributed by atoms with Crippen LogP contribution in [0.25, 0.3) is 0 Å². The zero-order chi connectivity index (χ0) is 22.0. The van der Waals surface area contributed by atoms with Crippen LogP contribution in [0.4, 0.5) is 22.0 Å². The van der Waals surface area contributed by atoms with Gasteiger partial charge in [-0.25, -0.2) is 22.0 Å². The van der Waals surface area contributed by atoms with Gasteiger partial charge in [0, 0.05) is 0 Å². The minimum atomic E-state index is -1.61. The molecule has 2 atom stereocenters. The molecular weight excluding hydrogens is 415 g/mol. The van der Waals surface area contributed by atoms with Gasteiger partial charge in [0.25, 0.3) is 0 Å². The van der Waals surface area contributed by atoms with E-state index in [4.69, 9.17) is 9.47 Å². The van der Waals surface area contributed by atoms with Crippen LogP contribution in [0.5, 0.6) is 5.75 Å². The number of rotatable bonds is 5. The molecule has 1 heterocycles. The number of hydrogen-bond acceptors (Lipinski definition) is 2. The standard InChI is InChI=1S/C24H25F5O2/c25-18-8-14(9-19(26)23(18)29)12-31-24-20(27)10-17(11-21(24)28)22-7-6-16(13-30-22)15-4-2-1-3-5-15/h8-11,15-16,22H,1-7,12-13H2. The van der Waals surface area contributed by atoms with E-state index in [1.54, 1.807) is 0 Å². The van der Waals surface area contributed by atoms with Gasteiger partial charge >= 0.3 is 0 Å². The summed E-state index contributed by atoms with van der Waals surface area (Å²) in [5, 5.41) is 0. The number of hydrogen-bond donors (Lipinski definition) is 0. The molecule has 0 radical (unpaired) electrons. The Bertz CT molecular complexity index is 872. The minimum absolute atomic E-state index is 0.0800. The fourth-order valence-electron chi connectivity index (χ4n) is 4.76. The molecule has 2 unspecified atom stereocenters. The Kier molecular flexibility index (Phi) is 6.80. The summed E-state index contributed by atoms with van der Waals surface area (Å²) < 4.78 is 79.7. The highest BCUT2D eigenvalue weighted by Gasteiger charge is 2.30. The van der Waals surface area contributed by atoms with Gasteiger partial charge in [0.2, 0.25) is 0 Å². The van der Waals surface area contributed by atoms with Crippen LogP contribution in [0.2, 0.25) is 0 Å². The molecule has 7 heteroatoms. The summed E-state index contributed by atoms with van der Waals surface area (Å²) in [5.74, 6) is -5.70. The lowest BCUT2D eigenvalue weighted by atomic mass is 9.77. The molecule has 4 rings (SSSR count). The van der Waals surface area contributed by atoms with E-state index in [0.29, 0.717) is 30.4 Å². The molecule has 1 saturated carbocycles. The normalized spacial score (nSPS) is 22.5. The third-order valence-electron chi connectivity index (χ3n) is 6.45. The van der Waals surface area contributed by atoms with Crippen LogP contribution in [0, 0.1) is 40.9 Å². The Balaban J connectivity index is 1.39. The zero-order valence-electron chi connectivity index (χ0n) is 17.1. The summed E-state index contributed by atoms with van der Waals surface area (Å²) in [6.45, 7) is 0.0861. The maximum absolute atomic E-state index is 14.5. The smallest absolute Gasteiger partial charge is 0.194 e. The van der Waals surface area contributed by atoms with Gasteiger partial charge < -0.3 is 9.47 Å². The van der Waals surface area contributed by atoms with Gasteiger partial charge in [-0.05, 0) is 60.1 Å². The molecule has 2 fully saturated rings. The summed E-state index contributed by atoms with van der Waals surface area (Å²) in [7, 11) is 0. The topological polar surface area (TPSA) is 18.5 Å². The number of halogens is 5. The molecule has 0 aromatic heterocycles. The van der Waals surface area contributed by atoms with Crippen molar-refractivity contribution in [3.8, 4) is 5.75 Å². The van der Waals surface area contributed by atoms with Gasteiger partial charge in [-0.15, -0.1) is 0 Å². The average molecular weight is 440 g/mol. The van der Waals surface area contributed by atoms with E-state index in [2.05, 4.69) is 0 Å². The van der Waals surface area contributed by atoms with Crippen LogP contribution in [0.15, 0.2) is 24.3 Å². The van der Waals surface area contributed by atoms with Crippen molar-refractivity contribution < 1.29 is 31.4 Å². The van der Waals surface area contributed by atoms with Crippen molar-refractivity contribution >= 4 is 0 Å². The molecule has 0 amide bonds. The summed E-state index contributed by atoms with van der Waals surface area (Å²) in [6.07, 6.45) is 7.58. The quantitative estimate of drug-likeness (QED) is 0.368. The van der Waals surface area contributed by atoms with Crippen LogP contribution < -0.4 is 4.74 Å². The highest BCUT2D eigenvalue weighted by Crippen LogP contribution is 2.40. The van der Waals surface area contributed by atoms with E-state index in [1.165, 1.54) is 44.2 Å². The highest BCUT2D eigenvalue weighted by molar-refractivity contribution is 5.33. The van der Waals surface area contributed by atoms with Gasteiger partial charge in [-0.1, -0.05) is 32.1 Å². The van der Waals surface area contributed by atoms with Crippen molar-refractivity contribution in [3.05, 3.63) is 64.5 Å². The van der Waals surface area contributed by atoms with Crippen LogP contribution in [0.3, 0.4) is 0 Å². The molecule has 1 aliphatic carbocycles. The third kappa shape index (κ3) is 5.03. The Morgan fingerprint density at radius 1 is 0.742 bits per heavy atom. The predicted octanol–water partition coefficient (Wildman–Crippen LogP) is 7.01. The SMILES string of the molecule is Fc1cc(COc2c(F)cc(C3CCC(C4CCCCC4)CO3)cc2F)cc(F)c1F. The molecule has 31 heavy (non-hydrogen) atoms. The summed E-state index contributed by atoms with van der Waals surface area (Å²) in [5.41, 5.74) is 0.326. The average Bonchev–Trinajstić information content (AvgIpc) is 2.77. The van der Waals surface area contributed by atoms with E-state index >= 15 is 0 Å². The van der Waals surface area contributed by atoms with Crippen molar-refractivity contribution in [1.82, 2.24) is 0 Å². The van der Waals surface area contributed by atoms with Gasteiger partial charge in [-0.2, -0.15) is 0 Å². The molecule has 0 bridgehead atoms. The lowest BCUT2D eigenvalue weighted by Crippen LogP contribution is -2.28. The van der Waals surface area contributed by atoms with E-state index in [-0.39, 0.29) is 11.7 Å². The first-order valence-corrected chi connectivity index (χ1v) is 10.8. The summed E-state index contributed by atoms with van der Waals surface area (Å²) >= 11 is 0. The Morgan fingerprint density at radius 3 is 1.97 bits per heavy atom. The van der Waals surface area contributed by atoms with Crippen LogP contribution in [0.1, 0.15) is 62.2 Å². The van der Waals surface area contributed by atoms with E-state index in [0.717, 1.165) is 18.6 Å². The Labute approximate surface area is 178 Å². The molecule has 0 spiro atoms. The molecule has 2 aromatic rings. The van der Waals surface area contributed by atoms with Crippen molar-refractivity contribution in [1.29, 1.82) is 0 Å². The fraction of sp³-hybridized carbons (Fsp3) is 0.500. The maximum atomic E-state index is 14.5. The number of ether oxygens (including phenoxy) is 2. The van der Waals surface area contributed by atoms with Gasteiger partial charge in [-0.3, -0.25) is 0 Å². The lowest BCUT2D eigenvalue weighted by Gasteiger charge is -2.36. The van der Waals surface area contributed by atoms with E-state index in [1.807, 2.05) is 0 Å². The summed E-state index contributed by atoms with van der Waals surface area (Å²) in [4.78, 5) is 0. The molecule has 2 aliphatic rings. The molecule has 1 saturated heterocycles. The largest absolute Gasteiger partial charge is 0.483 e. The molecular formula is C24H25F5O2. The fourth-order valence-corrected chi connectivity index (χ4v) is 4.76. The lowest BCUT2D eigenvalue weighted by molar-refractivity contribution is -0.0386. The van der Waals surface area contributed by atoms with E-state index < -0.39 is 41.4 Å². The molecule has 0 N–H and O–H groups in total. The van der Waals surface area contributed by atoms with Crippen molar-refractivity contribution in [2.45, 2.75) is 57.7 Å². The molecule has 2 aromatic carbocycles. The van der Waals surface area contributed by atoms with Crippen molar-refractivity contribution in [2.75, 3.05) is 6.61 Å². The first-order valence-electron chi connectivity index (χ1n) is 10.8. The summed E-state index contributed by atoms with van der Waals surface area (Å²) in [6, 6.07) is 3.80. The van der Waals surface area contributed by atoms with Crippen LogP contribution in [-0.2, 0) is 11.3 Å². The Hall–Kier alpha value is -2.15.